The minimum atomic E-state index is -0.0754. The first-order valence-electron chi connectivity index (χ1n) is 8.29. The second kappa shape index (κ2) is 8.63. The number of likely N-dealkylation sites (tertiary alicyclic amines) is 1. The van der Waals surface area contributed by atoms with E-state index in [-0.39, 0.29) is 11.9 Å². The minimum Gasteiger partial charge on any atom is -0.336 e. The van der Waals surface area contributed by atoms with Crippen molar-refractivity contribution in [1.29, 1.82) is 0 Å². The highest BCUT2D eigenvalue weighted by Gasteiger charge is 2.31. The smallest absolute Gasteiger partial charge is 0.239 e. The molecule has 0 bridgehead atoms. The molecule has 1 rings (SSSR count). The Balaban J connectivity index is 2.41. The Hall–Kier alpha value is -0.610. The van der Waals surface area contributed by atoms with Gasteiger partial charge in [-0.25, -0.2) is 0 Å². The van der Waals surface area contributed by atoms with Crippen LogP contribution in [-0.2, 0) is 4.79 Å². The summed E-state index contributed by atoms with van der Waals surface area (Å²) in [5.41, 5.74) is 0. The summed E-state index contributed by atoms with van der Waals surface area (Å²) in [4.78, 5) is 17.1. The van der Waals surface area contributed by atoms with Gasteiger partial charge in [-0.05, 0) is 53.1 Å². The maximum absolute atomic E-state index is 12.6. The lowest BCUT2D eigenvalue weighted by molar-refractivity contribution is -0.139. The van der Waals surface area contributed by atoms with Crippen LogP contribution in [0.15, 0.2) is 0 Å². The zero-order valence-corrected chi connectivity index (χ0v) is 14.0. The molecular formula is C16H33N3O. The van der Waals surface area contributed by atoms with Gasteiger partial charge in [0.25, 0.3) is 0 Å². The van der Waals surface area contributed by atoms with Crippen molar-refractivity contribution in [3.8, 4) is 0 Å². The summed E-state index contributed by atoms with van der Waals surface area (Å²) >= 11 is 0. The summed E-state index contributed by atoms with van der Waals surface area (Å²) < 4.78 is 0. The first-order chi connectivity index (χ1) is 9.51. The first-order valence-corrected chi connectivity index (χ1v) is 8.29. The van der Waals surface area contributed by atoms with Gasteiger partial charge in [-0.3, -0.25) is 4.79 Å². The Morgan fingerprint density at radius 2 is 1.80 bits per heavy atom. The average molecular weight is 283 g/mol. The van der Waals surface area contributed by atoms with Gasteiger partial charge in [0.05, 0.1) is 6.04 Å². The number of amides is 1. The largest absolute Gasteiger partial charge is 0.336 e. The molecule has 1 amide bonds. The molecule has 0 aromatic heterocycles. The Morgan fingerprint density at radius 3 is 2.30 bits per heavy atom. The van der Waals surface area contributed by atoms with Crippen LogP contribution < -0.4 is 5.32 Å². The monoisotopic (exact) mass is 283 g/mol. The highest BCUT2D eigenvalue weighted by atomic mass is 16.2. The van der Waals surface area contributed by atoms with Gasteiger partial charge in [0.1, 0.15) is 0 Å². The van der Waals surface area contributed by atoms with Gasteiger partial charge in [0, 0.05) is 25.2 Å². The fraction of sp³-hybridized carbons (Fsp3) is 0.938. The number of carbonyl (C=O) groups excluding carboxylic acids is 1. The normalized spacial score (nSPS) is 25.0. The molecule has 0 spiro atoms. The highest BCUT2D eigenvalue weighted by molar-refractivity contribution is 5.82. The van der Waals surface area contributed by atoms with Crippen molar-refractivity contribution in [2.45, 2.75) is 72.0 Å². The summed E-state index contributed by atoms with van der Waals surface area (Å²) in [7, 11) is 0. The molecule has 1 N–H and O–H groups in total. The molecule has 1 heterocycles. The Morgan fingerprint density at radius 1 is 1.25 bits per heavy atom. The topological polar surface area (TPSA) is 35.6 Å². The van der Waals surface area contributed by atoms with Crippen LogP contribution in [0.4, 0.5) is 0 Å². The van der Waals surface area contributed by atoms with E-state index in [1.807, 2.05) is 6.92 Å². The van der Waals surface area contributed by atoms with Gasteiger partial charge in [0.2, 0.25) is 5.91 Å². The number of nitrogens with zero attached hydrogens (tertiary/aromatic N) is 2. The maximum Gasteiger partial charge on any atom is 0.239 e. The van der Waals surface area contributed by atoms with E-state index in [2.05, 4.69) is 42.8 Å². The molecule has 0 saturated carbocycles. The van der Waals surface area contributed by atoms with Crippen molar-refractivity contribution in [3.63, 3.8) is 0 Å². The summed E-state index contributed by atoms with van der Waals surface area (Å²) in [6, 6.07) is 0.699. The minimum absolute atomic E-state index is 0.0754. The van der Waals surface area contributed by atoms with Gasteiger partial charge in [-0.2, -0.15) is 0 Å². The van der Waals surface area contributed by atoms with Crippen LogP contribution in [0.5, 0.6) is 0 Å². The summed E-state index contributed by atoms with van der Waals surface area (Å²) in [6.07, 6.45) is 3.53. The van der Waals surface area contributed by atoms with Crippen molar-refractivity contribution in [2.24, 2.45) is 0 Å². The van der Waals surface area contributed by atoms with Crippen molar-refractivity contribution in [2.75, 3.05) is 26.2 Å². The molecule has 1 saturated heterocycles. The van der Waals surface area contributed by atoms with Crippen molar-refractivity contribution < 1.29 is 4.79 Å². The van der Waals surface area contributed by atoms with E-state index in [0.29, 0.717) is 12.1 Å². The number of carbonyl (C=O) groups is 1. The lowest BCUT2D eigenvalue weighted by Gasteiger charge is -2.40. The Kier molecular flexibility index (Phi) is 7.52. The molecule has 0 aromatic rings. The van der Waals surface area contributed by atoms with E-state index in [1.54, 1.807) is 0 Å². The number of nitrogens with one attached hydrogen (secondary N) is 1. The van der Waals surface area contributed by atoms with Crippen LogP contribution in [0.25, 0.3) is 0 Å². The second-order valence-electron chi connectivity index (χ2n) is 6.08. The van der Waals surface area contributed by atoms with Crippen LogP contribution in [0.2, 0.25) is 0 Å². The molecule has 0 radical (unpaired) electrons. The van der Waals surface area contributed by atoms with Crippen molar-refractivity contribution in [3.05, 3.63) is 0 Å². The third kappa shape index (κ3) is 4.74. The van der Waals surface area contributed by atoms with Gasteiger partial charge >= 0.3 is 0 Å². The van der Waals surface area contributed by atoms with Crippen molar-refractivity contribution >= 4 is 5.91 Å². The molecule has 20 heavy (non-hydrogen) atoms. The molecular weight excluding hydrogens is 250 g/mol. The fourth-order valence-corrected chi connectivity index (χ4v) is 3.15. The zero-order chi connectivity index (χ0) is 15.1. The third-order valence-corrected chi connectivity index (χ3v) is 4.59. The van der Waals surface area contributed by atoms with Gasteiger partial charge in [-0.1, -0.05) is 13.8 Å². The van der Waals surface area contributed by atoms with Gasteiger partial charge in [0.15, 0.2) is 0 Å². The average Bonchev–Trinajstić information content (AvgIpc) is 2.43. The van der Waals surface area contributed by atoms with Gasteiger partial charge in [-0.15, -0.1) is 0 Å². The number of hydrogen-bond donors (Lipinski definition) is 1. The van der Waals surface area contributed by atoms with E-state index in [9.17, 15) is 4.79 Å². The standard InChI is InChI=1S/C16H33N3O/c1-6-18(7-2)12-11-17-15(5)16(20)19-13(3)9-8-10-14(19)4/h13-15,17H,6-12H2,1-5H3. The predicted octanol–water partition coefficient (Wildman–Crippen LogP) is 2.10. The highest BCUT2D eigenvalue weighted by Crippen LogP contribution is 2.23. The molecule has 0 aromatic carbocycles. The van der Waals surface area contributed by atoms with Crippen LogP contribution in [0.3, 0.4) is 0 Å². The predicted molar refractivity (Wildman–Crippen MR) is 84.9 cm³/mol. The molecule has 4 nitrogen and oxygen atoms in total. The molecule has 3 unspecified atom stereocenters. The number of piperidine rings is 1. The quantitative estimate of drug-likeness (QED) is 0.777. The molecule has 0 aliphatic carbocycles. The molecule has 4 heteroatoms. The lowest BCUT2D eigenvalue weighted by atomic mass is 9.96. The van der Waals surface area contributed by atoms with E-state index < -0.39 is 0 Å². The third-order valence-electron chi connectivity index (χ3n) is 4.59. The Bertz CT molecular complexity index is 281. The van der Waals surface area contributed by atoms with Gasteiger partial charge < -0.3 is 15.1 Å². The van der Waals surface area contributed by atoms with E-state index in [1.165, 1.54) is 6.42 Å². The van der Waals surface area contributed by atoms with E-state index >= 15 is 0 Å². The summed E-state index contributed by atoms with van der Waals surface area (Å²) in [5, 5.41) is 3.39. The molecule has 1 aliphatic heterocycles. The van der Waals surface area contributed by atoms with Crippen LogP contribution >= 0.6 is 0 Å². The van der Waals surface area contributed by atoms with Crippen LogP contribution in [-0.4, -0.2) is 60.0 Å². The molecule has 3 atom stereocenters. The molecule has 1 aliphatic rings. The molecule has 1 fully saturated rings. The number of hydrogen-bond acceptors (Lipinski definition) is 3. The SMILES string of the molecule is CCN(CC)CCNC(C)C(=O)N1C(C)CCCC1C. The number of rotatable bonds is 7. The van der Waals surface area contributed by atoms with E-state index in [0.717, 1.165) is 39.0 Å². The second-order valence-corrected chi connectivity index (χ2v) is 6.08. The van der Waals surface area contributed by atoms with E-state index in [4.69, 9.17) is 0 Å². The first kappa shape index (κ1) is 17.4. The fourth-order valence-electron chi connectivity index (χ4n) is 3.15. The number of likely N-dealkylation sites (N-methyl/N-ethyl adjacent to an activating group) is 1. The summed E-state index contributed by atoms with van der Waals surface area (Å²) in [5.74, 6) is 0.268. The van der Waals surface area contributed by atoms with Crippen LogP contribution in [0, 0.1) is 0 Å². The lowest BCUT2D eigenvalue weighted by Crippen LogP contribution is -2.54. The zero-order valence-electron chi connectivity index (χ0n) is 14.0. The molecule has 118 valence electrons. The van der Waals surface area contributed by atoms with Crippen LogP contribution in [0.1, 0.15) is 53.9 Å². The van der Waals surface area contributed by atoms with Crippen molar-refractivity contribution in [1.82, 2.24) is 15.1 Å². The Labute approximate surface area is 124 Å². The summed E-state index contributed by atoms with van der Waals surface area (Å²) in [6.45, 7) is 14.7. The maximum atomic E-state index is 12.6.